The van der Waals surface area contributed by atoms with Crippen molar-refractivity contribution in [1.82, 2.24) is 14.9 Å². The molecule has 0 saturated carbocycles. The molecule has 21 heavy (non-hydrogen) atoms. The summed E-state index contributed by atoms with van der Waals surface area (Å²) in [5.41, 5.74) is 10.3. The molecule has 5 heteroatoms. The van der Waals surface area contributed by atoms with Crippen LogP contribution in [0.1, 0.15) is 11.3 Å². The second-order valence-corrected chi connectivity index (χ2v) is 5.46. The minimum Gasteiger partial charge on any atom is -0.396 e. The molecule has 0 aliphatic carbocycles. The number of hydrogen-bond acceptors (Lipinski definition) is 5. The van der Waals surface area contributed by atoms with Gasteiger partial charge in [0.05, 0.1) is 23.3 Å². The van der Waals surface area contributed by atoms with E-state index in [1.54, 1.807) is 12.4 Å². The van der Waals surface area contributed by atoms with Gasteiger partial charge in [0.25, 0.3) is 0 Å². The zero-order valence-corrected chi connectivity index (χ0v) is 12.4. The molecule has 3 heterocycles. The van der Waals surface area contributed by atoms with Crippen LogP contribution in [0, 0.1) is 6.92 Å². The summed E-state index contributed by atoms with van der Waals surface area (Å²) in [6.45, 7) is 7.07. The van der Waals surface area contributed by atoms with E-state index in [4.69, 9.17) is 5.73 Å². The number of hydrogen-bond donors (Lipinski definition) is 1. The Kier molecular flexibility index (Phi) is 4.01. The van der Waals surface area contributed by atoms with Crippen LogP contribution in [0.4, 0.5) is 11.4 Å². The van der Waals surface area contributed by atoms with Crippen LogP contribution in [0.3, 0.4) is 0 Å². The lowest BCUT2D eigenvalue weighted by Gasteiger charge is -2.36. The predicted octanol–water partition coefficient (Wildman–Crippen LogP) is 1.69. The molecule has 2 aromatic rings. The fourth-order valence-corrected chi connectivity index (χ4v) is 2.73. The lowest BCUT2D eigenvalue weighted by atomic mass is 10.2. The molecule has 0 atom stereocenters. The normalized spacial score (nSPS) is 16.1. The second-order valence-electron chi connectivity index (χ2n) is 5.46. The molecule has 0 unspecified atom stereocenters. The highest BCUT2D eigenvalue weighted by molar-refractivity contribution is 5.66. The van der Waals surface area contributed by atoms with E-state index in [-0.39, 0.29) is 0 Å². The van der Waals surface area contributed by atoms with Crippen LogP contribution < -0.4 is 10.6 Å². The first-order valence-electron chi connectivity index (χ1n) is 7.31. The van der Waals surface area contributed by atoms with Gasteiger partial charge in [0, 0.05) is 45.1 Å². The molecule has 1 aliphatic heterocycles. The molecule has 2 aromatic heterocycles. The van der Waals surface area contributed by atoms with Gasteiger partial charge in [-0.1, -0.05) is 6.07 Å². The van der Waals surface area contributed by atoms with Gasteiger partial charge >= 0.3 is 0 Å². The highest BCUT2D eigenvalue weighted by Crippen LogP contribution is 2.23. The standard InChI is InChI=1S/C16H21N5/c1-13-3-2-5-19-15(13)12-20-7-9-21(10-8-20)16-4-6-18-11-14(16)17/h2-6,11H,7-10,12,17H2,1H3. The van der Waals surface area contributed by atoms with Crippen LogP contribution in [0.25, 0.3) is 0 Å². The number of anilines is 2. The Bertz CT molecular complexity index is 605. The third-order valence-corrected chi connectivity index (χ3v) is 4.03. The Labute approximate surface area is 125 Å². The van der Waals surface area contributed by atoms with Crippen molar-refractivity contribution < 1.29 is 0 Å². The van der Waals surface area contributed by atoms with Gasteiger partial charge in [-0.3, -0.25) is 14.9 Å². The first-order valence-corrected chi connectivity index (χ1v) is 7.31. The number of nitrogens with zero attached hydrogens (tertiary/aromatic N) is 4. The van der Waals surface area contributed by atoms with Crippen LogP contribution in [0.15, 0.2) is 36.8 Å². The fourth-order valence-electron chi connectivity index (χ4n) is 2.73. The first-order chi connectivity index (χ1) is 10.2. The number of pyridine rings is 2. The van der Waals surface area contributed by atoms with Crippen molar-refractivity contribution in [3.63, 3.8) is 0 Å². The lowest BCUT2D eigenvalue weighted by molar-refractivity contribution is 0.246. The van der Waals surface area contributed by atoms with Crippen molar-refractivity contribution in [2.24, 2.45) is 0 Å². The van der Waals surface area contributed by atoms with Gasteiger partial charge in [-0.25, -0.2) is 0 Å². The van der Waals surface area contributed by atoms with E-state index in [2.05, 4.69) is 32.8 Å². The van der Waals surface area contributed by atoms with Gasteiger partial charge in [-0.2, -0.15) is 0 Å². The maximum Gasteiger partial charge on any atom is 0.0738 e. The SMILES string of the molecule is Cc1cccnc1CN1CCN(c2ccncc2N)CC1. The monoisotopic (exact) mass is 283 g/mol. The number of nitrogen functional groups attached to an aromatic ring is 1. The van der Waals surface area contributed by atoms with Gasteiger partial charge in [-0.15, -0.1) is 0 Å². The van der Waals surface area contributed by atoms with Gasteiger partial charge in [-0.05, 0) is 24.6 Å². The second kappa shape index (κ2) is 6.10. The minimum atomic E-state index is 0.756. The van der Waals surface area contributed by atoms with E-state index in [0.29, 0.717) is 0 Å². The molecule has 1 fully saturated rings. The van der Waals surface area contributed by atoms with Crippen molar-refractivity contribution in [2.75, 3.05) is 36.8 Å². The van der Waals surface area contributed by atoms with Crippen molar-refractivity contribution >= 4 is 11.4 Å². The average molecular weight is 283 g/mol. The van der Waals surface area contributed by atoms with Crippen molar-refractivity contribution in [1.29, 1.82) is 0 Å². The minimum absolute atomic E-state index is 0.756. The molecule has 2 N–H and O–H groups in total. The molecule has 0 amide bonds. The Morgan fingerprint density at radius 1 is 1.14 bits per heavy atom. The van der Waals surface area contributed by atoms with Gasteiger partial charge < -0.3 is 10.6 Å². The molecular formula is C16H21N5. The van der Waals surface area contributed by atoms with E-state index in [0.717, 1.165) is 44.1 Å². The maximum absolute atomic E-state index is 6.00. The molecule has 0 aromatic carbocycles. The summed E-state index contributed by atoms with van der Waals surface area (Å²) < 4.78 is 0. The summed E-state index contributed by atoms with van der Waals surface area (Å²) in [7, 11) is 0. The summed E-state index contributed by atoms with van der Waals surface area (Å²) in [5, 5.41) is 0. The Morgan fingerprint density at radius 3 is 2.67 bits per heavy atom. The van der Waals surface area contributed by atoms with Gasteiger partial charge in [0.15, 0.2) is 0 Å². The van der Waals surface area contributed by atoms with Crippen LogP contribution >= 0.6 is 0 Å². The zero-order chi connectivity index (χ0) is 14.7. The zero-order valence-electron chi connectivity index (χ0n) is 12.4. The molecule has 110 valence electrons. The van der Waals surface area contributed by atoms with E-state index in [1.807, 2.05) is 18.3 Å². The molecule has 3 rings (SSSR count). The van der Waals surface area contributed by atoms with Crippen molar-refractivity contribution in [2.45, 2.75) is 13.5 Å². The molecule has 0 radical (unpaired) electrons. The highest BCUT2D eigenvalue weighted by Gasteiger charge is 2.19. The largest absolute Gasteiger partial charge is 0.396 e. The third kappa shape index (κ3) is 3.13. The van der Waals surface area contributed by atoms with E-state index >= 15 is 0 Å². The number of nitrogens with two attached hydrogens (primary N) is 1. The van der Waals surface area contributed by atoms with Crippen molar-refractivity contribution in [3.8, 4) is 0 Å². The molecule has 1 saturated heterocycles. The molecule has 1 aliphatic rings. The third-order valence-electron chi connectivity index (χ3n) is 4.03. The topological polar surface area (TPSA) is 58.3 Å². The highest BCUT2D eigenvalue weighted by atomic mass is 15.3. The first kappa shape index (κ1) is 13.8. The predicted molar refractivity (Wildman–Crippen MR) is 85.1 cm³/mol. The smallest absolute Gasteiger partial charge is 0.0738 e. The molecule has 0 spiro atoms. The van der Waals surface area contributed by atoms with E-state index in [9.17, 15) is 0 Å². The van der Waals surface area contributed by atoms with Crippen molar-refractivity contribution in [3.05, 3.63) is 48.0 Å². The summed E-state index contributed by atoms with van der Waals surface area (Å²) >= 11 is 0. The summed E-state index contributed by atoms with van der Waals surface area (Å²) in [6.07, 6.45) is 5.39. The molecule has 5 nitrogen and oxygen atoms in total. The number of piperazine rings is 1. The summed E-state index contributed by atoms with van der Waals surface area (Å²) in [4.78, 5) is 13.3. The average Bonchev–Trinajstić information content (AvgIpc) is 2.51. The number of rotatable bonds is 3. The summed E-state index contributed by atoms with van der Waals surface area (Å²) in [5.74, 6) is 0. The van der Waals surface area contributed by atoms with E-state index in [1.165, 1.54) is 11.3 Å². The number of aryl methyl sites for hydroxylation is 1. The fraction of sp³-hybridized carbons (Fsp3) is 0.375. The quantitative estimate of drug-likeness (QED) is 0.929. The van der Waals surface area contributed by atoms with Crippen LogP contribution in [0.2, 0.25) is 0 Å². The van der Waals surface area contributed by atoms with E-state index < -0.39 is 0 Å². The van der Waals surface area contributed by atoms with Crippen LogP contribution in [-0.4, -0.2) is 41.0 Å². The lowest BCUT2D eigenvalue weighted by Crippen LogP contribution is -2.46. The Morgan fingerprint density at radius 2 is 1.95 bits per heavy atom. The van der Waals surface area contributed by atoms with Gasteiger partial charge in [0.1, 0.15) is 0 Å². The Balaban J connectivity index is 1.61. The van der Waals surface area contributed by atoms with Crippen LogP contribution in [-0.2, 0) is 6.54 Å². The van der Waals surface area contributed by atoms with Crippen LogP contribution in [0.5, 0.6) is 0 Å². The number of aromatic nitrogens is 2. The molecular weight excluding hydrogens is 262 g/mol. The molecule has 0 bridgehead atoms. The summed E-state index contributed by atoms with van der Waals surface area (Å²) in [6, 6.07) is 6.10. The van der Waals surface area contributed by atoms with Gasteiger partial charge in [0.2, 0.25) is 0 Å². The maximum atomic E-state index is 6.00. The Hall–Kier alpha value is -2.14.